The predicted molar refractivity (Wildman–Crippen MR) is 174 cm³/mol. The number of aromatic nitrogens is 2. The molecule has 3 aromatic rings. The van der Waals surface area contributed by atoms with Crippen LogP contribution in [0.5, 0.6) is 0 Å². The van der Waals surface area contributed by atoms with E-state index < -0.39 is 23.8 Å². The number of alkyl halides is 3. The Bertz CT molecular complexity index is 1530. The maximum Gasteiger partial charge on any atom is 0.490 e. The molecule has 1 aromatic heterocycles. The van der Waals surface area contributed by atoms with Gasteiger partial charge in [0.2, 0.25) is 0 Å². The molecule has 1 N–H and O–H groups in total. The lowest BCUT2D eigenvalue weighted by atomic mass is 9.79. The van der Waals surface area contributed by atoms with Gasteiger partial charge in [-0.15, -0.1) is 0 Å². The van der Waals surface area contributed by atoms with Crippen LogP contribution in [0.25, 0.3) is 11.3 Å². The fourth-order valence-corrected chi connectivity index (χ4v) is 7.42. The summed E-state index contributed by atoms with van der Waals surface area (Å²) < 4.78 is 55.0. The Morgan fingerprint density at radius 1 is 0.979 bits per heavy atom. The van der Waals surface area contributed by atoms with Crippen LogP contribution < -0.4 is 5.32 Å². The van der Waals surface area contributed by atoms with E-state index in [1.165, 1.54) is 6.33 Å². The maximum absolute atomic E-state index is 14.5. The van der Waals surface area contributed by atoms with Crippen LogP contribution in [0.1, 0.15) is 60.6 Å². The van der Waals surface area contributed by atoms with Crippen molar-refractivity contribution >= 4 is 11.9 Å². The number of ether oxygens (including phenoxy) is 2. The average Bonchev–Trinajstić information content (AvgIpc) is 3.53. The van der Waals surface area contributed by atoms with Crippen LogP contribution in [0.4, 0.5) is 13.2 Å². The molecule has 2 aliphatic heterocycles. The quantitative estimate of drug-likeness (QED) is 0.311. The number of benzene rings is 2. The predicted octanol–water partition coefficient (Wildman–Crippen LogP) is 5.28. The lowest BCUT2D eigenvalue weighted by Gasteiger charge is -2.45. The van der Waals surface area contributed by atoms with E-state index in [4.69, 9.17) is 9.47 Å². The number of imidazole rings is 1. The third-order valence-electron chi connectivity index (χ3n) is 10.00. The molecule has 12 heteroatoms. The molecule has 3 aliphatic rings. The van der Waals surface area contributed by atoms with E-state index in [1.807, 2.05) is 72.6 Å². The number of nitrogens with zero attached hydrogens (tertiary/aromatic N) is 4. The number of halogens is 3. The second-order valence-corrected chi connectivity index (χ2v) is 13.3. The van der Waals surface area contributed by atoms with Crippen molar-refractivity contribution in [3.05, 3.63) is 78.2 Å². The SMILES string of the molecule is CN1CCC(OC[C@]2(OC(=O)C(F)(F)F)CCCC[C@H]2n2cnc(C(=O)N3CCNC[C@H]3Cc3ccccc3)c2-c2ccccc2)CC1. The summed E-state index contributed by atoms with van der Waals surface area (Å²) in [7, 11) is 2.02. The lowest BCUT2D eigenvalue weighted by molar-refractivity contribution is -0.229. The minimum atomic E-state index is -5.17. The van der Waals surface area contributed by atoms with Crippen molar-refractivity contribution in [3.8, 4) is 11.3 Å². The number of hydrogen-bond acceptors (Lipinski definition) is 7. The molecule has 3 fully saturated rings. The van der Waals surface area contributed by atoms with Crippen molar-refractivity contribution in [2.75, 3.05) is 46.4 Å². The molecule has 9 nitrogen and oxygen atoms in total. The second kappa shape index (κ2) is 14.8. The first-order chi connectivity index (χ1) is 23.1. The first-order valence-electron chi connectivity index (χ1n) is 16.9. The summed E-state index contributed by atoms with van der Waals surface area (Å²) in [6, 6.07) is 18.4. The summed E-state index contributed by atoms with van der Waals surface area (Å²) in [4.78, 5) is 35.8. The smallest absolute Gasteiger partial charge is 0.448 e. The number of rotatable bonds is 9. The third-order valence-corrected chi connectivity index (χ3v) is 10.00. The van der Waals surface area contributed by atoms with E-state index in [2.05, 4.69) is 15.2 Å². The Labute approximate surface area is 279 Å². The molecule has 258 valence electrons. The van der Waals surface area contributed by atoms with Crippen molar-refractivity contribution in [1.29, 1.82) is 0 Å². The third kappa shape index (κ3) is 7.61. The molecule has 2 saturated heterocycles. The van der Waals surface area contributed by atoms with Gasteiger partial charge in [-0.25, -0.2) is 9.78 Å². The number of amides is 1. The normalized spacial score (nSPS) is 24.4. The van der Waals surface area contributed by atoms with Gasteiger partial charge in [0, 0.05) is 44.3 Å². The number of likely N-dealkylation sites (tertiary alicyclic amines) is 1. The molecule has 3 heterocycles. The minimum Gasteiger partial charge on any atom is -0.448 e. The fourth-order valence-electron chi connectivity index (χ4n) is 7.42. The van der Waals surface area contributed by atoms with Crippen molar-refractivity contribution in [3.63, 3.8) is 0 Å². The van der Waals surface area contributed by atoms with E-state index in [0.29, 0.717) is 56.6 Å². The van der Waals surface area contributed by atoms with Crippen LogP contribution in [-0.4, -0.2) is 102 Å². The number of piperidine rings is 1. The highest BCUT2D eigenvalue weighted by Crippen LogP contribution is 2.45. The lowest BCUT2D eigenvalue weighted by Crippen LogP contribution is -2.54. The zero-order valence-electron chi connectivity index (χ0n) is 27.3. The molecule has 1 amide bonds. The number of esters is 1. The van der Waals surface area contributed by atoms with Gasteiger partial charge in [-0.05, 0) is 51.1 Å². The zero-order valence-corrected chi connectivity index (χ0v) is 27.3. The Morgan fingerprint density at radius 3 is 2.40 bits per heavy atom. The first kappa shape index (κ1) is 34.1. The van der Waals surface area contributed by atoms with Crippen LogP contribution >= 0.6 is 0 Å². The van der Waals surface area contributed by atoms with Crippen LogP contribution in [0.2, 0.25) is 0 Å². The molecule has 48 heavy (non-hydrogen) atoms. The molecule has 1 saturated carbocycles. The highest BCUT2D eigenvalue weighted by Gasteiger charge is 2.52. The monoisotopic (exact) mass is 667 g/mol. The minimum absolute atomic E-state index is 0.119. The van der Waals surface area contributed by atoms with Crippen LogP contribution in [-0.2, 0) is 20.7 Å². The Balaban J connectivity index is 1.38. The zero-order chi connectivity index (χ0) is 33.7. The summed E-state index contributed by atoms with van der Waals surface area (Å²) in [5.41, 5.74) is 0.922. The van der Waals surface area contributed by atoms with Crippen LogP contribution in [0.3, 0.4) is 0 Å². The molecule has 6 rings (SSSR count). The van der Waals surface area contributed by atoms with E-state index in [1.54, 1.807) is 4.57 Å². The molecule has 0 unspecified atom stereocenters. The largest absolute Gasteiger partial charge is 0.490 e. The number of piperazine rings is 1. The number of hydrogen-bond donors (Lipinski definition) is 1. The molecular formula is C36H44F3N5O4. The van der Waals surface area contributed by atoms with E-state index in [-0.39, 0.29) is 36.8 Å². The van der Waals surface area contributed by atoms with Crippen molar-refractivity contribution < 1.29 is 32.2 Å². The highest BCUT2D eigenvalue weighted by molar-refractivity contribution is 5.98. The van der Waals surface area contributed by atoms with Gasteiger partial charge in [0.1, 0.15) is 0 Å². The van der Waals surface area contributed by atoms with Gasteiger partial charge in [-0.3, -0.25) is 4.79 Å². The van der Waals surface area contributed by atoms with Gasteiger partial charge in [0.05, 0.1) is 30.8 Å². The second-order valence-electron chi connectivity index (χ2n) is 13.3. The highest BCUT2D eigenvalue weighted by atomic mass is 19.4. The van der Waals surface area contributed by atoms with E-state index in [9.17, 15) is 22.8 Å². The molecule has 3 atom stereocenters. The summed E-state index contributed by atoms with van der Waals surface area (Å²) in [6.07, 6.45) is 0.230. The van der Waals surface area contributed by atoms with Gasteiger partial charge < -0.3 is 29.2 Å². The Morgan fingerprint density at radius 2 is 1.69 bits per heavy atom. The van der Waals surface area contributed by atoms with Gasteiger partial charge in [0.25, 0.3) is 5.91 Å². The summed E-state index contributed by atoms with van der Waals surface area (Å²) in [6.45, 7) is 3.18. The molecule has 1 aliphatic carbocycles. The van der Waals surface area contributed by atoms with E-state index in [0.717, 1.165) is 31.5 Å². The Hall–Kier alpha value is -3.74. The summed E-state index contributed by atoms with van der Waals surface area (Å²) >= 11 is 0. The summed E-state index contributed by atoms with van der Waals surface area (Å²) in [5, 5.41) is 3.40. The Kier molecular flexibility index (Phi) is 10.5. The van der Waals surface area contributed by atoms with E-state index >= 15 is 0 Å². The van der Waals surface area contributed by atoms with Gasteiger partial charge in [-0.1, -0.05) is 67.1 Å². The van der Waals surface area contributed by atoms with Crippen LogP contribution in [0, 0.1) is 0 Å². The summed E-state index contributed by atoms with van der Waals surface area (Å²) in [5.74, 6) is -2.48. The number of carbonyl (C=O) groups excluding carboxylic acids is 2. The number of nitrogens with one attached hydrogen (secondary N) is 1. The van der Waals surface area contributed by atoms with Gasteiger partial charge >= 0.3 is 12.1 Å². The van der Waals surface area contributed by atoms with Gasteiger partial charge in [0.15, 0.2) is 11.3 Å². The molecule has 2 aromatic carbocycles. The maximum atomic E-state index is 14.5. The average molecular weight is 668 g/mol. The van der Waals surface area contributed by atoms with Crippen LogP contribution in [0.15, 0.2) is 67.0 Å². The molecule has 0 bridgehead atoms. The topological polar surface area (TPSA) is 88.9 Å². The van der Waals surface area contributed by atoms with Crippen molar-refractivity contribution in [2.45, 2.75) is 74.9 Å². The standard InChI is InChI=1S/C36H44F3N5O4/c1-42-19-15-29(16-20-42)47-24-35(48-34(46)36(37,38)39)17-9-8-14-30(35)44-25-41-31(32(44)27-12-6-3-7-13-27)33(45)43-21-18-40-23-28(43)22-26-10-4-2-5-11-26/h2-7,10-13,25,28-30,40H,8-9,14-24H2,1H3/t28-,30-,35-/m1/s1. The molecular weight excluding hydrogens is 623 g/mol. The fraction of sp³-hybridized carbons (Fsp3) is 0.528. The molecule has 0 spiro atoms. The van der Waals surface area contributed by atoms with Crippen molar-refractivity contribution in [2.24, 2.45) is 0 Å². The molecule has 0 radical (unpaired) electrons. The van der Waals surface area contributed by atoms with Crippen molar-refractivity contribution in [1.82, 2.24) is 24.7 Å². The first-order valence-corrected chi connectivity index (χ1v) is 16.9. The number of carbonyl (C=O) groups is 2. The van der Waals surface area contributed by atoms with Gasteiger partial charge in [-0.2, -0.15) is 13.2 Å².